The second kappa shape index (κ2) is 6.90. The Morgan fingerprint density at radius 3 is 3.00 bits per heavy atom. The van der Waals surface area contributed by atoms with Crippen LogP contribution in [0.3, 0.4) is 0 Å². The first kappa shape index (κ1) is 17.5. The Balaban J connectivity index is 2.18. The molecule has 0 radical (unpaired) electrons. The van der Waals surface area contributed by atoms with E-state index in [2.05, 4.69) is 42.2 Å². The zero-order chi connectivity index (χ0) is 18.0. The number of oxime groups is 1. The second-order valence-corrected chi connectivity index (χ2v) is 7.06. The quantitative estimate of drug-likeness (QED) is 0.599. The Bertz CT molecular complexity index is 809. The van der Waals surface area contributed by atoms with Gasteiger partial charge in [-0.3, -0.25) is 4.79 Å². The van der Waals surface area contributed by atoms with Gasteiger partial charge in [0.2, 0.25) is 0 Å². The summed E-state index contributed by atoms with van der Waals surface area (Å²) < 4.78 is 0. The number of para-hydroxylation sites is 1. The van der Waals surface area contributed by atoms with E-state index in [9.17, 15) is 9.90 Å². The molecule has 0 bridgehead atoms. The molecule has 2 atom stereocenters. The van der Waals surface area contributed by atoms with Crippen molar-refractivity contribution in [1.29, 1.82) is 0 Å². The van der Waals surface area contributed by atoms with Gasteiger partial charge in [0, 0.05) is 28.2 Å². The number of H-pyrrole nitrogens is 1. The lowest BCUT2D eigenvalue weighted by Gasteiger charge is -2.38. The number of nitrogens with one attached hydrogen (secondary N) is 1. The van der Waals surface area contributed by atoms with Gasteiger partial charge in [0.05, 0.1) is 6.42 Å². The highest BCUT2D eigenvalue weighted by atomic mass is 16.6. The SMILES string of the molecule is CCC1(CC(=O)O)CCC(CC=NOC)c2c1[nH]c1c(C)cccc21. The molecule has 3 rings (SSSR count). The first-order valence-electron chi connectivity index (χ1n) is 8.91. The summed E-state index contributed by atoms with van der Waals surface area (Å²) in [5, 5.41) is 14.6. The zero-order valence-corrected chi connectivity index (χ0v) is 15.1. The third-order valence-electron chi connectivity index (χ3n) is 5.73. The molecule has 1 heterocycles. The van der Waals surface area contributed by atoms with Crippen molar-refractivity contribution >= 4 is 23.1 Å². The minimum Gasteiger partial charge on any atom is -0.481 e. The number of carboxylic acids is 1. The number of hydrogen-bond donors (Lipinski definition) is 2. The standard InChI is InChI=1S/C20H26N2O3/c1-4-20(12-16(23)24)10-8-14(9-11-21-25-3)17-15-7-5-6-13(2)18(15)22-19(17)20/h5-7,11,14,22H,4,8-10,12H2,1-3H3,(H,23,24). The van der Waals surface area contributed by atoms with Gasteiger partial charge in [-0.1, -0.05) is 30.3 Å². The fourth-order valence-corrected chi connectivity index (χ4v) is 4.37. The number of carbonyl (C=O) groups is 1. The molecule has 1 aromatic heterocycles. The van der Waals surface area contributed by atoms with E-state index in [1.807, 2.05) is 6.21 Å². The number of fused-ring (bicyclic) bond motifs is 3. The molecule has 0 saturated heterocycles. The van der Waals surface area contributed by atoms with Crippen LogP contribution in [-0.4, -0.2) is 29.4 Å². The lowest BCUT2D eigenvalue weighted by molar-refractivity contribution is -0.138. The summed E-state index contributed by atoms with van der Waals surface area (Å²) in [6, 6.07) is 6.31. The first-order chi connectivity index (χ1) is 12.0. The van der Waals surface area contributed by atoms with Gasteiger partial charge in [-0.2, -0.15) is 0 Å². The number of benzene rings is 1. The second-order valence-electron chi connectivity index (χ2n) is 7.06. The molecule has 2 aromatic rings. The van der Waals surface area contributed by atoms with Gasteiger partial charge >= 0.3 is 5.97 Å². The molecular weight excluding hydrogens is 316 g/mol. The molecule has 5 nitrogen and oxygen atoms in total. The largest absolute Gasteiger partial charge is 0.481 e. The Morgan fingerprint density at radius 1 is 1.52 bits per heavy atom. The van der Waals surface area contributed by atoms with E-state index in [-0.39, 0.29) is 11.8 Å². The monoisotopic (exact) mass is 342 g/mol. The Hall–Kier alpha value is -2.30. The predicted octanol–water partition coefficient (Wildman–Crippen LogP) is 4.50. The third kappa shape index (κ3) is 3.03. The molecule has 134 valence electrons. The molecule has 0 amide bonds. The van der Waals surface area contributed by atoms with Gasteiger partial charge in [0.15, 0.2) is 0 Å². The number of aromatic amines is 1. The van der Waals surface area contributed by atoms with Crippen molar-refractivity contribution in [3.8, 4) is 0 Å². The Morgan fingerprint density at radius 2 is 2.32 bits per heavy atom. The van der Waals surface area contributed by atoms with Crippen molar-refractivity contribution in [2.45, 2.75) is 57.3 Å². The van der Waals surface area contributed by atoms with Crippen LogP contribution in [0.2, 0.25) is 0 Å². The maximum Gasteiger partial charge on any atom is 0.304 e. The number of rotatable bonds is 6. The molecule has 5 heteroatoms. The van der Waals surface area contributed by atoms with Gasteiger partial charge in [0.25, 0.3) is 0 Å². The molecule has 0 spiro atoms. The summed E-state index contributed by atoms with van der Waals surface area (Å²) in [6.45, 7) is 4.19. The summed E-state index contributed by atoms with van der Waals surface area (Å²) >= 11 is 0. The summed E-state index contributed by atoms with van der Waals surface area (Å²) in [4.78, 5) is 20.0. The molecule has 0 aliphatic heterocycles. The van der Waals surface area contributed by atoms with Crippen LogP contribution in [-0.2, 0) is 15.0 Å². The Labute approximate surface area is 148 Å². The van der Waals surface area contributed by atoms with Crippen molar-refractivity contribution in [2.24, 2.45) is 5.16 Å². The van der Waals surface area contributed by atoms with Crippen LogP contribution < -0.4 is 0 Å². The van der Waals surface area contributed by atoms with Crippen molar-refractivity contribution in [1.82, 2.24) is 4.98 Å². The topological polar surface area (TPSA) is 74.7 Å². The fourth-order valence-electron chi connectivity index (χ4n) is 4.37. The van der Waals surface area contributed by atoms with Gasteiger partial charge in [-0.15, -0.1) is 0 Å². The van der Waals surface area contributed by atoms with Crippen LogP contribution in [0, 0.1) is 6.92 Å². The van der Waals surface area contributed by atoms with Crippen molar-refractivity contribution in [2.75, 3.05) is 7.11 Å². The summed E-state index contributed by atoms with van der Waals surface area (Å²) in [6.07, 6.45) is 5.44. The number of carboxylic acid groups (broad SMARTS) is 1. The lowest BCUT2D eigenvalue weighted by atomic mass is 9.65. The summed E-state index contributed by atoms with van der Waals surface area (Å²) in [5.41, 5.74) is 4.39. The van der Waals surface area contributed by atoms with Gasteiger partial charge in [-0.05, 0) is 49.7 Å². The molecule has 1 aliphatic rings. The first-order valence-corrected chi connectivity index (χ1v) is 8.91. The highest BCUT2D eigenvalue weighted by Crippen LogP contribution is 2.50. The van der Waals surface area contributed by atoms with Crippen LogP contribution >= 0.6 is 0 Å². The van der Waals surface area contributed by atoms with Gasteiger partial charge in [0.1, 0.15) is 7.11 Å². The van der Waals surface area contributed by atoms with E-state index in [0.717, 1.165) is 36.9 Å². The number of hydrogen-bond acceptors (Lipinski definition) is 3. The molecule has 1 aromatic carbocycles. The molecule has 2 unspecified atom stereocenters. The minimum absolute atomic E-state index is 0.168. The van der Waals surface area contributed by atoms with Crippen LogP contribution in [0.25, 0.3) is 10.9 Å². The van der Waals surface area contributed by atoms with Gasteiger partial charge in [-0.25, -0.2) is 0 Å². The average Bonchev–Trinajstić information content (AvgIpc) is 2.99. The molecule has 0 saturated carbocycles. The molecule has 1 aliphatic carbocycles. The van der Waals surface area contributed by atoms with Crippen molar-refractivity contribution in [3.05, 3.63) is 35.0 Å². The average molecular weight is 342 g/mol. The smallest absolute Gasteiger partial charge is 0.304 e. The van der Waals surface area contributed by atoms with E-state index < -0.39 is 5.97 Å². The maximum atomic E-state index is 11.6. The van der Waals surface area contributed by atoms with Crippen LogP contribution in [0.15, 0.2) is 23.4 Å². The van der Waals surface area contributed by atoms with E-state index in [1.54, 1.807) is 7.11 Å². The number of nitrogens with zero attached hydrogens (tertiary/aromatic N) is 1. The zero-order valence-electron chi connectivity index (χ0n) is 15.1. The predicted molar refractivity (Wildman–Crippen MR) is 99.4 cm³/mol. The van der Waals surface area contributed by atoms with Crippen molar-refractivity contribution < 1.29 is 14.7 Å². The maximum absolute atomic E-state index is 11.6. The summed E-state index contributed by atoms with van der Waals surface area (Å²) in [5.74, 6) is -0.402. The fraction of sp³-hybridized carbons (Fsp3) is 0.500. The molecular formula is C20H26N2O3. The van der Waals surface area contributed by atoms with E-state index in [4.69, 9.17) is 4.84 Å². The molecule has 0 fully saturated rings. The van der Waals surface area contributed by atoms with E-state index in [0.29, 0.717) is 5.92 Å². The Kier molecular flexibility index (Phi) is 4.84. The third-order valence-corrected chi connectivity index (χ3v) is 5.73. The number of aliphatic carboxylic acids is 1. The molecule has 2 N–H and O–H groups in total. The number of aryl methyl sites for hydroxylation is 1. The van der Waals surface area contributed by atoms with E-state index in [1.165, 1.54) is 16.5 Å². The van der Waals surface area contributed by atoms with Crippen LogP contribution in [0.5, 0.6) is 0 Å². The number of aromatic nitrogens is 1. The normalized spacial score (nSPS) is 23.1. The van der Waals surface area contributed by atoms with Crippen LogP contribution in [0.1, 0.15) is 61.8 Å². The van der Waals surface area contributed by atoms with E-state index >= 15 is 0 Å². The lowest BCUT2D eigenvalue weighted by Crippen LogP contribution is -2.34. The highest BCUT2D eigenvalue weighted by Gasteiger charge is 2.42. The minimum atomic E-state index is -0.734. The van der Waals surface area contributed by atoms with Crippen molar-refractivity contribution in [3.63, 3.8) is 0 Å². The highest BCUT2D eigenvalue weighted by molar-refractivity contribution is 5.89. The summed E-state index contributed by atoms with van der Waals surface area (Å²) in [7, 11) is 1.55. The van der Waals surface area contributed by atoms with Gasteiger partial charge < -0.3 is 14.9 Å². The van der Waals surface area contributed by atoms with Crippen LogP contribution in [0.4, 0.5) is 0 Å². The molecule has 25 heavy (non-hydrogen) atoms.